The number of rotatable bonds is 10. The molecule has 0 N–H and O–H groups in total. The highest BCUT2D eigenvalue weighted by Gasteiger charge is 2.25. The predicted molar refractivity (Wildman–Crippen MR) is 135 cm³/mol. The molecule has 0 aliphatic heterocycles. The summed E-state index contributed by atoms with van der Waals surface area (Å²) in [7, 11) is 1.56. The van der Waals surface area contributed by atoms with E-state index in [2.05, 4.69) is 10.2 Å². The van der Waals surface area contributed by atoms with E-state index >= 15 is 0 Å². The number of thioether (sulfide) groups is 1. The summed E-state index contributed by atoms with van der Waals surface area (Å²) < 4.78 is 13.4. The minimum Gasteiger partial charge on any atom is -0.493 e. The van der Waals surface area contributed by atoms with Gasteiger partial charge < -0.3 is 9.47 Å². The SMILES string of the molecule is COc1cc([C@H](C[N+](=O)[O-])Sc2nnc(C)n2-c2ccccc2)ccc1OCc1ccc(C)cc1. The molecule has 9 heteroatoms. The molecule has 35 heavy (non-hydrogen) atoms. The number of para-hydroxylation sites is 1. The molecule has 0 spiro atoms. The fraction of sp³-hybridized carbons (Fsp3) is 0.231. The van der Waals surface area contributed by atoms with Gasteiger partial charge in [-0.2, -0.15) is 0 Å². The zero-order chi connectivity index (χ0) is 24.8. The maximum Gasteiger partial charge on any atom is 0.220 e. The van der Waals surface area contributed by atoms with Crippen molar-refractivity contribution >= 4 is 11.8 Å². The molecule has 1 atom stereocenters. The molecule has 0 saturated heterocycles. The molecule has 180 valence electrons. The summed E-state index contributed by atoms with van der Waals surface area (Å²) in [4.78, 5) is 11.2. The number of nitrogens with zero attached hydrogens (tertiary/aromatic N) is 4. The van der Waals surface area contributed by atoms with E-state index < -0.39 is 5.25 Å². The van der Waals surface area contributed by atoms with Gasteiger partial charge in [0.1, 0.15) is 17.7 Å². The Morgan fingerprint density at radius 3 is 2.43 bits per heavy atom. The average Bonchev–Trinajstić information content (AvgIpc) is 3.23. The Hall–Kier alpha value is -3.85. The van der Waals surface area contributed by atoms with E-state index in [1.807, 2.05) is 79.1 Å². The lowest BCUT2D eigenvalue weighted by atomic mass is 10.1. The number of aromatic nitrogens is 3. The van der Waals surface area contributed by atoms with E-state index in [0.29, 0.717) is 29.1 Å². The molecule has 1 aromatic heterocycles. The molecule has 0 radical (unpaired) electrons. The third kappa shape index (κ3) is 5.99. The molecular formula is C26H26N4O4S. The van der Waals surface area contributed by atoms with Gasteiger partial charge in [-0.05, 0) is 49.2 Å². The fourth-order valence-corrected chi connectivity index (χ4v) is 4.78. The predicted octanol–water partition coefficient (Wildman–Crippen LogP) is 5.58. The molecule has 1 heterocycles. The molecule has 4 rings (SSSR count). The summed E-state index contributed by atoms with van der Waals surface area (Å²) >= 11 is 1.30. The van der Waals surface area contributed by atoms with Crippen LogP contribution in [-0.2, 0) is 6.61 Å². The Labute approximate surface area is 208 Å². The second-order valence-electron chi connectivity index (χ2n) is 8.01. The maximum atomic E-state index is 11.5. The molecule has 0 saturated carbocycles. The van der Waals surface area contributed by atoms with Crippen LogP contribution in [0.25, 0.3) is 5.69 Å². The number of methoxy groups -OCH3 is 1. The Bertz CT molecular complexity index is 1290. The van der Waals surface area contributed by atoms with E-state index in [9.17, 15) is 10.1 Å². The summed E-state index contributed by atoms with van der Waals surface area (Å²) in [5, 5.41) is 20.1. The van der Waals surface area contributed by atoms with Gasteiger partial charge in [-0.3, -0.25) is 14.7 Å². The van der Waals surface area contributed by atoms with Crippen LogP contribution in [0.4, 0.5) is 0 Å². The van der Waals surface area contributed by atoms with Gasteiger partial charge in [0, 0.05) is 10.6 Å². The molecule has 0 fully saturated rings. The van der Waals surface area contributed by atoms with Crippen molar-refractivity contribution < 1.29 is 14.4 Å². The van der Waals surface area contributed by atoms with Gasteiger partial charge in [-0.15, -0.1) is 10.2 Å². The van der Waals surface area contributed by atoms with Gasteiger partial charge in [0.25, 0.3) is 0 Å². The van der Waals surface area contributed by atoms with Crippen molar-refractivity contribution in [3.8, 4) is 17.2 Å². The summed E-state index contributed by atoms with van der Waals surface area (Å²) in [5.41, 5.74) is 3.86. The normalized spacial score (nSPS) is 11.7. The first-order valence-electron chi connectivity index (χ1n) is 11.1. The molecule has 0 bridgehead atoms. The quantitative estimate of drug-likeness (QED) is 0.163. The lowest BCUT2D eigenvalue weighted by molar-refractivity contribution is -0.479. The number of hydrogen-bond donors (Lipinski definition) is 0. The van der Waals surface area contributed by atoms with Crippen LogP contribution in [0.1, 0.15) is 27.8 Å². The van der Waals surface area contributed by atoms with Crippen molar-refractivity contribution in [3.63, 3.8) is 0 Å². The molecular weight excluding hydrogens is 464 g/mol. The molecule has 0 aliphatic carbocycles. The number of nitro groups is 1. The van der Waals surface area contributed by atoms with Crippen molar-refractivity contribution in [2.24, 2.45) is 0 Å². The van der Waals surface area contributed by atoms with Gasteiger partial charge in [-0.1, -0.05) is 65.9 Å². The summed E-state index contributed by atoms with van der Waals surface area (Å²) in [6, 6.07) is 23.2. The van der Waals surface area contributed by atoms with Crippen LogP contribution in [0.5, 0.6) is 11.5 Å². The molecule has 0 unspecified atom stereocenters. The van der Waals surface area contributed by atoms with Crippen molar-refractivity contribution in [2.45, 2.75) is 30.9 Å². The van der Waals surface area contributed by atoms with E-state index in [1.165, 1.54) is 17.3 Å². The number of aryl methyl sites for hydroxylation is 2. The molecule has 4 aromatic rings. The molecule has 0 amide bonds. The number of ether oxygens (including phenoxy) is 2. The van der Waals surface area contributed by atoms with Gasteiger partial charge >= 0.3 is 0 Å². The number of benzene rings is 3. The van der Waals surface area contributed by atoms with Crippen molar-refractivity contribution in [1.29, 1.82) is 0 Å². The summed E-state index contributed by atoms with van der Waals surface area (Å²) in [6.45, 7) is 4.01. The van der Waals surface area contributed by atoms with Crippen molar-refractivity contribution in [2.75, 3.05) is 13.7 Å². The lowest BCUT2D eigenvalue weighted by Crippen LogP contribution is -2.11. The topological polar surface area (TPSA) is 92.3 Å². The third-order valence-corrected chi connectivity index (χ3v) is 6.63. The smallest absolute Gasteiger partial charge is 0.220 e. The van der Waals surface area contributed by atoms with Crippen LogP contribution >= 0.6 is 11.8 Å². The molecule has 8 nitrogen and oxygen atoms in total. The Kier molecular flexibility index (Phi) is 7.67. The molecule has 0 aliphatic rings. The molecule has 3 aromatic carbocycles. The van der Waals surface area contributed by atoms with Crippen molar-refractivity contribution in [1.82, 2.24) is 14.8 Å². The second kappa shape index (κ2) is 11.1. The van der Waals surface area contributed by atoms with E-state index in [0.717, 1.165) is 16.8 Å². The van der Waals surface area contributed by atoms with Gasteiger partial charge in [0.05, 0.1) is 7.11 Å². The van der Waals surface area contributed by atoms with Crippen LogP contribution < -0.4 is 9.47 Å². The van der Waals surface area contributed by atoms with Gasteiger partial charge in [0.15, 0.2) is 16.7 Å². The Morgan fingerprint density at radius 2 is 1.74 bits per heavy atom. The zero-order valence-electron chi connectivity index (χ0n) is 19.7. The third-order valence-electron chi connectivity index (χ3n) is 5.45. The Balaban J connectivity index is 1.59. The van der Waals surface area contributed by atoms with Crippen LogP contribution in [-0.4, -0.2) is 33.3 Å². The van der Waals surface area contributed by atoms with Gasteiger partial charge in [0.2, 0.25) is 6.54 Å². The highest BCUT2D eigenvalue weighted by Crippen LogP contribution is 2.39. The average molecular weight is 491 g/mol. The minimum absolute atomic E-state index is 0.280. The summed E-state index contributed by atoms with van der Waals surface area (Å²) in [5.74, 6) is 1.80. The number of hydrogen-bond acceptors (Lipinski definition) is 7. The van der Waals surface area contributed by atoms with E-state index in [4.69, 9.17) is 9.47 Å². The maximum absolute atomic E-state index is 11.5. The van der Waals surface area contributed by atoms with Gasteiger partial charge in [-0.25, -0.2) is 0 Å². The lowest BCUT2D eigenvalue weighted by Gasteiger charge is -2.17. The standard InChI is InChI=1S/C26H26N4O4S/c1-18-9-11-20(12-10-18)17-34-23-14-13-21(15-24(23)33-3)25(16-29(31)32)35-26-28-27-19(2)30(26)22-7-5-4-6-8-22/h4-15,25H,16-17H2,1-3H3/t25-/m0/s1. The van der Waals surface area contributed by atoms with Crippen molar-refractivity contribution in [3.05, 3.63) is 105 Å². The van der Waals surface area contributed by atoms with E-state index in [1.54, 1.807) is 19.2 Å². The first-order chi connectivity index (χ1) is 16.9. The summed E-state index contributed by atoms with van der Waals surface area (Å²) in [6.07, 6.45) is 0. The second-order valence-corrected chi connectivity index (χ2v) is 9.18. The van der Waals surface area contributed by atoms with Crippen LogP contribution in [0.15, 0.2) is 78.0 Å². The fourth-order valence-electron chi connectivity index (χ4n) is 3.62. The Morgan fingerprint density at radius 1 is 1.00 bits per heavy atom. The highest BCUT2D eigenvalue weighted by atomic mass is 32.2. The largest absolute Gasteiger partial charge is 0.493 e. The zero-order valence-corrected chi connectivity index (χ0v) is 20.6. The first kappa shape index (κ1) is 24.3. The van der Waals surface area contributed by atoms with E-state index in [-0.39, 0.29) is 11.5 Å². The van der Waals surface area contributed by atoms with Crippen LogP contribution in [0.3, 0.4) is 0 Å². The first-order valence-corrected chi connectivity index (χ1v) is 11.9. The minimum atomic E-state index is -0.504. The highest BCUT2D eigenvalue weighted by molar-refractivity contribution is 7.99. The monoisotopic (exact) mass is 490 g/mol. The van der Waals surface area contributed by atoms with Crippen LogP contribution in [0.2, 0.25) is 0 Å². The van der Waals surface area contributed by atoms with Crippen LogP contribution in [0, 0.1) is 24.0 Å².